The van der Waals surface area contributed by atoms with Gasteiger partial charge < -0.3 is 34.0 Å². The molecule has 0 spiro atoms. The van der Waals surface area contributed by atoms with E-state index in [2.05, 4.69) is 37.5 Å². The van der Waals surface area contributed by atoms with Crippen LogP contribution in [-0.2, 0) is 20.7 Å². The fourth-order valence-electron chi connectivity index (χ4n) is 4.90. The molecule has 1 unspecified atom stereocenters. The first kappa shape index (κ1) is 36.4. The van der Waals surface area contributed by atoms with Gasteiger partial charge in [-0.1, -0.05) is 18.1 Å². The van der Waals surface area contributed by atoms with Crippen molar-refractivity contribution >= 4 is 35.5 Å². The number of rotatable bonds is 19. The third-order valence-electron chi connectivity index (χ3n) is 7.09. The van der Waals surface area contributed by atoms with Gasteiger partial charge in [-0.2, -0.15) is 5.10 Å². The number of benzene rings is 2. The van der Waals surface area contributed by atoms with Crippen LogP contribution >= 0.6 is 11.8 Å². The number of H-pyrrole nitrogens is 1. The number of aromatic nitrogens is 2. The Morgan fingerprint density at radius 1 is 1.24 bits per heavy atom. The number of amides is 1. The molecule has 1 heterocycles. The van der Waals surface area contributed by atoms with Gasteiger partial charge in [0.2, 0.25) is 0 Å². The number of thioether (sulfide) groups is 1. The van der Waals surface area contributed by atoms with Gasteiger partial charge in [-0.05, 0) is 53.8 Å². The molecular weight excluding hydrogens is 648 g/mol. The maximum absolute atomic E-state index is 12.7. The van der Waals surface area contributed by atoms with Crippen molar-refractivity contribution in [3.05, 3.63) is 75.8 Å². The molecule has 0 bridgehead atoms. The minimum atomic E-state index is -0.769. The number of carbonyl (C=O) groups is 2. The second-order valence-electron chi connectivity index (χ2n) is 10.5. The van der Waals surface area contributed by atoms with Gasteiger partial charge in [-0.25, -0.2) is 0 Å². The lowest BCUT2D eigenvalue weighted by Gasteiger charge is -2.13. The summed E-state index contributed by atoms with van der Waals surface area (Å²) >= 11 is 1.55. The van der Waals surface area contributed by atoms with Gasteiger partial charge in [0.25, 0.3) is 12.2 Å². The third kappa shape index (κ3) is 10.8. The molecule has 14 nitrogen and oxygen atoms in total. The van der Waals surface area contributed by atoms with E-state index >= 15 is 0 Å². The van der Waals surface area contributed by atoms with Crippen LogP contribution in [-0.4, -0.2) is 78.4 Å². The Morgan fingerprint density at radius 2 is 2.06 bits per heavy atom. The number of fused-ring (bicyclic) bond motifs is 3. The Bertz CT molecular complexity index is 1790. The van der Waals surface area contributed by atoms with E-state index in [1.165, 1.54) is 0 Å². The van der Waals surface area contributed by atoms with E-state index in [0.717, 1.165) is 28.7 Å². The monoisotopic (exact) mass is 684 g/mol. The van der Waals surface area contributed by atoms with Crippen molar-refractivity contribution in [3.63, 3.8) is 0 Å². The Labute approximate surface area is 288 Å². The molecule has 1 aliphatic carbocycles. The van der Waals surface area contributed by atoms with Crippen LogP contribution in [0, 0.1) is 23.5 Å². The van der Waals surface area contributed by atoms with Crippen LogP contribution < -0.4 is 14.8 Å². The maximum atomic E-state index is 12.7. The van der Waals surface area contributed by atoms with Crippen molar-refractivity contribution in [2.24, 2.45) is 5.11 Å². The van der Waals surface area contributed by atoms with E-state index in [1.807, 2.05) is 32.3 Å². The summed E-state index contributed by atoms with van der Waals surface area (Å²) in [6.07, 6.45) is 8.23. The fraction of sp³-hybridized carbons (Fsp3) is 0.353. The van der Waals surface area contributed by atoms with Gasteiger partial charge in [0, 0.05) is 65.7 Å². The van der Waals surface area contributed by atoms with E-state index < -0.39 is 5.91 Å². The van der Waals surface area contributed by atoms with Gasteiger partial charge in [-0.3, -0.25) is 9.89 Å². The molecule has 0 radical (unpaired) electrons. The van der Waals surface area contributed by atoms with Crippen molar-refractivity contribution in [2.45, 2.75) is 31.4 Å². The van der Waals surface area contributed by atoms with Crippen LogP contribution in [0.4, 0.5) is 11.5 Å². The second kappa shape index (κ2) is 19.4. The first-order valence-electron chi connectivity index (χ1n) is 15.4. The number of nitrogens with one attached hydrogen (secondary N) is 2. The molecule has 1 amide bonds. The van der Waals surface area contributed by atoms with Crippen molar-refractivity contribution in [3.8, 4) is 41.0 Å². The van der Waals surface area contributed by atoms with Crippen molar-refractivity contribution < 1.29 is 28.5 Å². The van der Waals surface area contributed by atoms with Gasteiger partial charge in [0.05, 0.1) is 42.9 Å². The minimum absolute atomic E-state index is 0.123. The quantitative estimate of drug-likeness (QED) is 0.0174. The van der Waals surface area contributed by atoms with Crippen LogP contribution in [0.15, 0.2) is 53.8 Å². The zero-order valence-electron chi connectivity index (χ0n) is 27.2. The summed E-state index contributed by atoms with van der Waals surface area (Å²) in [6.45, 7) is 3.54. The molecule has 0 aliphatic heterocycles. The molecular formula is C34H36N8O6S. The number of hydrogen-bond donors (Lipinski definition) is 2. The number of aldehydes is 1. The number of carbonyl (C=O) groups excluding carboxylic acids is 2. The molecule has 0 saturated carbocycles. The second-order valence-corrected chi connectivity index (χ2v) is 11.8. The summed E-state index contributed by atoms with van der Waals surface area (Å²) in [4.78, 5) is 28.5. The predicted molar refractivity (Wildman–Crippen MR) is 185 cm³/mol. The molecule has 254 valence electrons. The Kier molecular flexibility index (Phi) is 14.4. The highest BCUT2D eigenvalue weighted by Crippen LogP contribution is 2.42. The minimum Gasteiger partial charge on any atom is -0.490 e. The maximum Gasteiger partial charge on any atom is 0.292 e. The van der Waals surface area contributed by atoms with E-state index in [1.54, 1.807) is 53.2 Å². The lowest BCUT2D eigenvalue weighted by atomic mass is 10.0. The summed E-state index contributed by atoms with van der Waals surface area (Å²) in [7, 11) is 1.87. The normalized spacial score (nSPS) is 11.7. The molecule has 15 heteroatoms. The molecule has 1 aliphatic rings. The number of anilines is 2. The van der Waals surface area contributed by atoms with Crippen LogP contribution in [0.25, 0.3) is 21.7 Å². The molecule has 2 N–H and O–H groups in total. The van der Waals surface area contributed by atoms with E-state index in [-0.39, 0.29) is 29.8 Å². The zero-order valence-corrected chi connectivity index (χ0v) is 28.0. The molecule has 3 aromatic rings. The Morgan fingerprint density at radius 3 is 2.84 bits per heavy atom. The first-order valence-corrected chi connectivity index (χ1v) is 16.5. The number of aromatic amines is 1. The predicted octanol–water partition coefficient (Wildman–Crippen LogP) is 5.95. The third-order valence-corrected chi connectivity index (χ3v) is 8.26. The zero-order chi connectivity index (χ0) is 34.8. The molecule has 0 fully saturated rings. The molecule has 49 heavy (non-hydrogen) atoms. The van der Waals surface area contributed by atoms with Crippen molar-refractivity contribution in [1.29, 1.82) is 5.26 Å². The summed E-state index contributed by atoms with van der Waals surface area (Å²) in [5, 5.41) is 22.6. The summed E-state index contributed by atoms with van der Waals surface area (Å²) in [5.74, 6) is 4.23. The Hall–Kier alpha value is -5.44. The summed E-state index contributed by atoms with van der Waals surface area (Å²) in [5.41, 5.74) is 12.9. The number of ether oxygens (including phenoxy) is 4. The number of nitrogens with zero attached hydrogens (tertiary/aromatic N) is 6. The SMILES string of the molecule is C/C=C/N(C)C#CCCC(C=O)SCCOCCOCCOc1cc2c(cc1C(=O)N=[N+]=[N-])-c1[nH]nc(Nc3cccc(OC#N)c3)c1C2. The van der Waals surface area contributed by atoms with E-state index in [0.29, 0.717) is 62.1 Å². The number of nitriles is 1. The highest BCUT2D eigenvalue weighted by Gasteiger charge is 2.28. The molecule has 4 rings (SSSR count). The van der Waals surface area contributed by atoms with E-state index in [9.17, 15) is 9.59 Å². The average Bonchev–Trinajstić information content (AvgIpc) is 3.65. The standard InChI is InChI=1S/C34H36N8O6S/c1-3-10-42(2)11-5-4-9-27(22-43)49-17-16-46-13-12-45-14-15-47-31-19-24-18-30-32(28(24)21-29(31)34(44)40-41-36)38-39-33(30)37-25-7-6-8-26(20-25)48-23-35/h3,6-8,10,19-22,27H,4,9,12-18H2,1-2H3,(H2,37,38,39)/b10-3+. The number of hydrogen-bond acceptors (Lipinski definition) is 11. The van der Waals surface area contributed by atoms with Crippen LogP contribution in [0.5, 0.6) is 11.5 Å². The fourth-order valence-corrected chi connectivity index (χ4v) is 5.78. The van der Waals surface area contributed by atoms with Crippen LogP contribution in [0.2, 0.25) is 0 Å². The van der Waals surface area contributed by atoms with E-state index in [4.69, 9.17) is 29.7 Å². The van der Waals surface area contributed by atoms with Crippen LogP contribution in [0.3, 0.4) is 0 Å². The van der Waals surface area contributed by atoms with Crippen molar-refractivity contribution in [1.82, 2.24) is 15.1 Å². The van der Waals surface area contributed by atoms with Gasteiger partial charge in [0.1, 0.15) is 24.4 Å². The number of allylic oxidation sites excluding steroid dienone is 1. The lowest BCUT2D eigenvalue weighted by Crippen LogP contribution is -2.13. The molecule has 0 saturated heterocycles. The largest absolute Gasteiger partial charge is 0.490 e. The summed E-state index contributed by atoms with van der Waals surface area (Å²) < 4.78 is 22.1. The van der Waals surface area contributed by atoms with Gasteiger partial charge in [-0.15, -0.1) is 17.0 Å². The smallest absolute Gasteiger partial charge is 0.292 e. The first-order chi connectivity index (χ1) is 24.0. The lowest BCUT2D eigenvalue weighted by molar-refractivity contribution is -0.107. The highest BCUT2D eigenvalue weighted by atomic mass is 32.2. The topological polar surface area (TPSA) is 188 Å². The average molecular weight is 685 g/mol. The van der Waals surface area contributed by atoms with Crippen molar-refractivity contribution in [2.75, 3.05) is 51.2 Å². The molecule has 2 aromatic carbocycles. The number of azide groups is 1. The van der Waals surface area contributed by atoms with Gasteiger partial charge >= 0.3 is 0 Å². The molecule has 1 atom stereocenters. The Balaban J connectivity index is 1.22. The summed E-state index contributed by atoms with van der Waals surface area (Å²) in [6, 6.07) is 13.3. The molecule has 1 aromatic heterocycles. The van der Waals surface area contributed by atoms with Gasteiger partial charge in [0.15, 0.2) is 5.82 Å². The highest BCUT2D eigenvalue weighted by molar-refractivity contribution is 8.00. The van der Waals surface area contributed by atoms with Crippen LogP contribution in [0.1, 0.15) is 41.3 Å².